The zero-order chi connectivity index (χ0) is 6.32. The molecule has 0 atom stereocenters. The maximum atomic E-state index is 8.86. The van der Waals surface area contributed by atoms with E-state index in [1.54, 1.807) is 0 Å². The zero-order valence-electron chi connectivity index (χ0n) is 5.47. The number of ether oxygens (including phenoxy) is 1. The molecule has 3 fully saturated rings. The third-order valence-electron chi connectivity index (χ3n) is 2.54. The van der Waals surface area contributed by atoms with E-state index in [1.807, 2.05) is 0 Å². The first-order valence-electron chi connectivity index (χ1n) is 3.59. The number of rotatable bonds is 1. The van der Waals surface area contributed by atoms with Crippen molar-refractivity contribution in [3.63, 3.8) is 0 Å². The van der Waals surface area contributed by atoms with Crippen LogP contribution in [0.25, 0.3) is 0 Å². The van der Waals surface area contributed by atoms with Crippen LogP contribution in [0.4, 0.5) is 0 Å². The highest BCUT2D eigenvalue weighted by atomic mass is 16.5. The van der Waals surface area contributed by atoms with Crippen LogP contribution >= 0.6 is 0 Å². The van der Waals surface area contributed by atoms with E-state index in [-0.39, 0.29) is 12.2 Å². The molecule has 3 aliphatic rings. The van der Waals surface area contributed by atoms with Gasteiger partial charge in [-0.15, -0.1) is 0 Å². The Morgan fingerprint density at radius 1 is 1.56 bits per heavy atom. The number of aliphatic hydroxyl groups excluding tert-OH is 1. The molecule has 2 bridgehead atoms. The van der Waals surface area contributed by atoms with Crippen molar-refractivity contribution in [1.29, 1.82) is 0 Å². The van der Waals surface area contributed by atoms with Gasteiger partial charge in [-0.2, -0.15) is 0 Å². The van der Waals surface area contributed by atoms with Gasteiger partial charge in [0.1, 0.15) is 0 Å². The van der Waals surface area contributed by atoms with Crippen molar-refractivity contribution < 1.29 is 9.84 Å². The lowest BCUT2D eigenvalue weighted by molar-refractivity contribution is -0.196. The lowest BCUT2D eigenvalue weighted by atomic mass is 9.68. The molecule has 2 nitrogen and oxygen atoms in total. The SMILES string of the molecule is OCC12CC(CCO1)C2. The van der Waals surface area contributed by atoms with E-state index in [0.29, 0.717) is 0 Å². The fourth-order valence-corrected chi connectivity index (χ4v) is 1.93. The molecule has 9 heavy (non-hydrogen) atoms. The van der Waals surface area contributed by atoms with Crippen molar-refractivity contribution in [3.8, 4) is 0 Å². The average Bonchev–Trinajstić information content (AvgIpc) is 1.88. The third kappa shape index (κ3) is 0.700. The lowest BCUT2D eigenvalue weighted by Crippen LogP contribution is -2.53. The van der Waals surface area contributed by atoms with Crippen molar-refractivity contribution in [1.82, 2.24) is 0 Å². The second-order valence-corrected chi connectivity index (χ2v) is 3.25. The molecule has 2 heterocycles. The molecule has 0 spiro atoms. The fourth-order valence-electron chi connectivity index (χ4n) is 1.93. The molecular weight excluding hydrogens is 116 g/mol. The highest BCUT2D eigenvalue weighted by molar-refractivity contribution is 4.98. The Bertz CT molecular complexity index is 111. The van der Waals surface area contributed by atoms with Crippen LogP contribution in [0.1, 0.15) is 19.3 Å². The predicted octanol–water partition coefficient (Wildman–Crippen LogP) is 0.548. The van der Waals surface area contributed by atoms with Gasteiger partial charge < -0.3 is 9.84 Å². The highest BCUT2D eigenvalue weighted by Crippen LogP contribution is 2.46. The van der Waals surface area contributed by atoms with Gasteiger partial charge in [0, 0.05) is 6.61 Å². The maximum absolute atomic E-state index is 8.86. The van der Waals surface area contributed by atoms with Gasteiger partial charge >= 0.3 is 0 Å². The minimum atomic E-state index is -0.0804. The van der Waals surface area contributed by atoms with Gasteiger partial charge in [0.15, 0.2) is 0 Å². The quantitative estimate of drug-likeness (QED) is 0.558. The first kappa shape index (κ1) is 5.69. The fraction of sp³-hybridized carbons (Fsp3) is 1.00. The summed E-state index contributed by atoms with van der Waals surface area (Å²) < 4.78 is 5.43. The van der Waals surface area contributed by atoms with E-state index in [0.717, 1.165) is 25.4 Å². The van der Waals surface area contributed by atoms with E-state index in [4.69, 9.17) is 9.84 Å². The largest absolute Gasteiger partial charge is 0.393 e. The van der Waals surface area contributed by atoms with Crippen LogP contribution in [-0.2, 0) is 4.74 Å². The van der Waals surface area contributed by atoms with Crippen LogP contribution in [0.2, 0.25) is 0 Å². The van der Waals surface area contributed by atoms with Crippen molar-refractivity contribution in [2.24, 2.45) is 5.92 Å². The van der Waals surface area contributed by atoms with Gasteiger partial charge in [0.2, 0.25) is 0 Å². The molecule has 1 N–H and O–H groups in total. The summed E-state index contributed by atoms with van der Waals surface area (Å²) in [6.45, 7) is 1.09. The minimum absolute atomic E-state index is 0.0804. The Labute approximate surface area is 54.8 Å². The first-order valence-corrected chi connectivity index (χ1v) is 3.59. The molecule has 0 unspecified atom stereocenters. The van der Waals surface area contributed by atoms with Crippen LogP contribution in [0, 0.1) is 5.92 Å². The Hall–Kier alpha value is -0.0800. The van der Waals surface area contributed by atoms with Crippen molar-refractivity contribution in [2.75, 3.05) is 13.2 Å². The van der Waals surface area contributed by atoms with Gasteiger partial charge in [0.25, 0.3) is 0 Å². The molecular formula is C7H12O2. The molecule has 0 radical (unpaired) electrons. The van der Waals surface area contributed by atoms with Gasteiger partial charge in [-0.1, -0.05) is 0 Å². The summed E-state index contributed by atoms with van der Waals surface area (Å²) >= 11 is 0. The van der Waals surface area contributed by atoms with Crippen molar-refractivity contribution >= 4 is 0 Å². The Kier molecular flexibility index (Phi) is 1.08. The zero-order valence-corrected chi connectivity index (χ0v) is 5.47. The molecule has 1 aliphatic carbocycles. The predicted molar refractivity (Wildman–Crippen MR) is 33.1 cm³/mol. The summed E-state index contributed by atoms with van der Waals surface area (Å²) in [4.78, 5) is 0. The van der Waals surface area contributed by atoms with Crippen LogP contribution in [-0.4, -0.2) is 23.9 Å². The van der Waals surface area contributed by atoms with Crippen LogP contribution in [0.5, 0.6) is 0 Å². The van der Waals surface area contributed by atoms with Crippen LogP contribution in [0.3, 0.4) is 0 Å². The molecule has 52 valence electrons. The summed E-state index contributed by atoms with van der Waals surface area (Å²) in [5, 5.41) is 8.86. The molecule has 3 rings (SSSR count). The van der Waals surface area contributed by atoms with Crippen molar-refractivity contribution in [2.45, 2.75) is 24.9 Å². The molecule has 0 aromatic heterocycles. The number of aliphatic hydroxyl groups is 1. The second-order valence-electron chi connectivity index (χ2n) is 3.25. The highest BCUT2D eigenvalue weighted by Gasteiger charge is 2.47. The second kappa shape index (κ2) is 1.70. The monoisotopic (exact) mass is 128 g/mol. The van der Waals surface area contributed by atoms with E-state index < -0.39 is 0 Å². The van der Waals surface area contributed by atoms with Crippen LogP contribution < -0.4 is 0 Å². The molecule has 2 saturated heterocycles. The molecule has 1 saturated carbocycles. The Morgan fingerprint density at radius 3 is 2.67 bits per heavy atom. The lowest BCUT2D eigenvalue weighted by Gasteiger charge is -2.50. The average molecular weight is 128 g/mol. The number of hydrogen-bond acceptors (Lipinski definition) is 2. The topological polar surface area (TPSA) is 29.5 Å². The smallest absolute Gasteiger partial charge is 0.0917 e. The van der Waals surface area contributed by atoms with Gasteiger partial charge in [-0.3, -0.25) is 0 Å². The molecule has 2 aliphatic heterocycles. The number of hydrogen-bond donors (Lipinski definition) is 1. The molecule has 0 aromatic carbocycles. The third-order valence-corrected chi connectivity index (χ3v) is 2.54. The van der Waals surface area contributed by atoms with E-state index in [1.165, 1.54) is 6.42 Å². The first-order chi connectivity index (χ1) is 4.35. The summed E-state index contributed by atoms with van der Waals surface area (Å²) in [7, 11) is 0. The van der Waals surface area contributed by atoms with Gasteiger partial charge in [-0.05, 0) is 25.2 Å². The molecule has 2 heteroatoms. The summed E-state index contributed by atoms with van der Waals surface area (Å²) in [6.07, 6.45) is 3.41. The standard InChI is InChI=1S/C7H12O2/c8-5-7-3-6(4-7)1-2-9-7/h6,8H,1-5H2. The van der Waals surface area contributed by atoms with E-state index in [2.05, 4.69) is 0 Å². The number of fused-ring (bicyclic) bond motifs is 2. The van der Waals surface area contributed by atoms with Gasteiger partial charge in [0.05, 0.1) is 12.2 Å². The summed E-state index contributed by atoms with van der Waals surface area (Å²) in [6, 6.07) is 0. The summed E-state index contributed by atoms with van der Waals surface area (Å²) in [5.74, 6) is 0.867. The normalized spacial score (nSPS) is 48.3. The van der Waals surface area contributed by atoms with E-state index in [9.17, 15) is 0 Å². The molecule has 0 aromatic rings. The minimum Gasteiger partial charge on any atom is -0.393 e. The Balaban J connectivity index is 2.02. The maximum Gasteiger partial charge on any atom is 0.0917 e. The van der Waals surface area contributed by atoms with Crippen LogP contribution in [0.15, 0.2) is 0 Å². The van der Waals surface area contributed by atoms with E-state index >= 15 is 0 Å². The Morgan fingerprint density at radius 2 is 2.33 bits per heavy atom. The van der Waals surface area contributed by atoms with Gasteiger partial charge in [-0.25, -0.2) is 0 Å². The summed E-state index contributed by atoms with van der Waals surface area (Å²) in [5.41, 5.74) is -0.0804. The van der Waals surface area contributed by atoms with Crippen molar-refractivity contribution in [3.05, 3.63) is 0 Å². The molecule has 0 amide bonds.